The van der Waals surface area contributed by atoms with Gasteiger partial charge in [-0.3, -0.25) is 4.79 Å². The molecule has 0 spiro atoms. The molecule has 1 unspecified atom stereocenters. The summed E-state index contributed by atoms with van der Waals surface area (Å²) in [4.78, 5) is 17.7. The zero-order valence-electron chi connectivity index (χ0n) is 11.2. The van der Waals surface area contributed by atoms with Gasteiger partial charge in [0, 0.05) is 12.2 Å². The molecule has 0 fully saturated rings. The van der Waals surface area contributed by atoms with Gasteiger partial charge in [0.2, 0.25) is 0 Å². The number of carboxylic acids is 1. The molecule has 20 heavy (non-hydrogen) atoms. The highest BCUT2D eigenvalue weighted by atomic mass is 16.4. The summed E-state index contributed by atoms with van der Waals surface area (Å²) in [7, 11) is 0. The smallest absolute Gasteiger partial charge is 0.311 e. The Hall–Kier alpha value is -2.30. The molecule has 1 N–H and O–H groups in total. The quantitative estimate of drug-likeness (QED) is 0.930. The van der Waals surface area contributed by atoms with Crippen molar-refractivity contribution >= 4 is 11.7 Å². The summed E-state index contributed by atoms with van der Waals surface area (Å²) >= 11 is 0. The van der Waals surface area contributed by atoms with E-state index in [-0.39, 0.29) is 0 Å². The van der Waals surface area contributed by atoms with Crippen LogP contribution in [0.4, 0.5) is 5.69 Å². The Balaban J connectivity index is 1.93. The number of aliphatic carboxylic acids is 1. The molecule has 2 heterocycles. The lowest BCUT2D eigenvalue weighted by Crippen LogP contribution is -2.33. The van der Waals surface area contributed by atoms with Crippen molar-refractivity contribution in [3.05, 3.63) is 47.7 Å². The number of fused-ring (bicyclic) bond motifs is 1. The maximum atomic E-state index is 11.3. The van der Waals surface area contributed by atoms with Crippen LogP contribution in [0.15, 0.2) is 35.1 Å². The van der Waals surface area contributed by atoms with Gasteiger partial charge >= 0.3 is 5.97 Å². The number of rotatable bonds is 3. The Morgan fingerprint density at radius 1 is 1.50 bits per heavy atom. The third-order valence-electron chi connectivity index (χ3n) is 3.82. The van der Waals surface area contributed by atoms with Crippen LogP contribution in [-0.4, -0.2) is 22.6 Å². The van der Waals surface area contributed by atoms with E-state index < -0.39 is 11.9 Å². The monoisotopic (exact) mass is 272 g/mol. The van der Waals surface area contributed by atoms with Crippen molar-refractivity contribution in [2.45, 2.75) is 25.8 Å². The van der Waals surface area contributed by atoms with Crippen LogP contribution < -0.4 is 4.90 Å². The molecular formula is C15H16N2O3. The van der Waals surface area contributed by atoms with Crippen molar-refractivity contribution in [2.24, 2.45) is 0 Å². The van der Waals surface area contributed by atoms with E-state index in [1.807, 2.05) is 31.2 Å². The molecule has 1 atom stereocenters. The van der Waals surface area contributed by atoms with E-state index in [0.29, 0.717) is 19.5 Å². The highest BCUT2D eigenvalue weighted by Gasteiger charge is 2.30. The van der Waals surface area contributed by atoms with Gasteiger partial charge in [-0.2, -0.15) is 0 Å². The predicted octanol–water partition coefficient (Wildman–Crippen LogP) is 2.56. The zero-order valence-corrected chi connectivity index (χ0v) is 11.2. The lowest BCUT2D eigenvalue weighted by atomic mass is 9.90. The van der Waals surface area contributed by atoms with Crippen LogP contribution >= 0.6 is 0 Å². The van der Waals surface area contributed by atoms with Crippen LogP contribution in [0.2, 0.25) is 0 Å². The fourth-order valence-electron chi connectivity index (χ4n) is 2.71. The van der Waals surface area contributed by atoms with Crippen LogP contribution in [0.5, 0.6) is 0 Å². The van der Waals surface area contributed by atoms with Gasteiger partial charge in [-0.05, 0) is 25.0 Å². The molecule has 0 saturated carbocycles. The van der Waals surface area contributed by atoms with Crippen molar-refractivity contribution in [1.29, 1.82) is 0 Å². The van der Waals surface area contributed by atoms with Gasteiger partial charge in [0.05, 0.1) is 12.5 Å². The van der Waals surface area contributed by atoms with Gasteiger partial charge in [0.1, 0.15) is 11.5 Å². The summed E-state index contributed by atoms with van der Waals surface area (Å²) < 4.78 is 5.22. The number of aryl methyl sites for hydroxylation is 1. The second kappa shape index (κ2) is 5.00. The van der Waals surface area contributed by atoms with Crippen molar-refractivity contribution in [1.82, 2.24) is 4.98 Å². The highest BCUT2D eigenvalue weighted by molar-refractivity contribution is 5.80. The summed E-state index contributed by atoms with van der Waals surface area (Å²) in [5, 5.41) is 9.33. The maximum absolute atomic E-state index is 11.3. The number of para-hydroxylation sites is 1. The molecule has 1 aromatic carbocycles. The first kappa shape index (κ1) is 12.7. The molecule has 0 aliphatic carbocycles. The largest absolute Gasteiger partial charge is 0.481 e. The molecule has 0 amide bonds. The molecule has 5 heteroatoms. The molecule has 0 saturated heterocycles. The van der Waals surface area contributed by atoms with E-state index in [4.69, 9.17) is 4.42 Å². The topological polar surface area (TPSA) is 66.6 Å². The Morgan fingerprint density at radius 3 is 3.00 bits per heavy atom. The molecule has 5 nitrogen and oxygen atoms in total. The van der Waals surface area contributed by atoms with E-state index in [0.717, 1.165) is 22.7 Å². The molecule has 0 radical (unpaired) electrons. The number of carboxylic acid groups (broad SMARTS) is 1. The molecule has 0 bridgehead atoms. The lowest BCUT2D eigenvalue weighted by molar-refractivity contribution is -0.139. The Bertz CT molecular complexity index is 636. The van der Waals surface area contributed by atoms with Crippen molar-refractivity contribution < 1.29 is 14.3 Å². The third kappa shape index (κ3) is 2.15. The zero-order chi connectivity index (χ0) is 14.1. The Kier molecular flexibility index (Phi) is 3.18. The molecule has 2 aromatic rings. The van der Waals surface area contributed by atoms with Gasteiger partial charge in [0.25, 0.3) is 0 Å². The number of carbonyl (C=O) groups is 1. The molecule has 104 valence electrons. The first-order chi connectivity index (χ1) is 9.66. The second-order valence-corrected chi connectivity index (χ2v) is 5.02. The van der Waals surface area contributed by atoms with Crippen molar-refractivity contribution in [2.75, 3.05) is 11.4 Å². The minimum Gasteiger partial charge on any atom is -0.481 e. The summed E-state index contributed by atoms with van der Waals surface area (Å²) in [6, 6.07) is 7.70. The number of aromatic nitrogens is 1. The molecule has 1 aliphatic heterocycles. The molecule has 1 aliphatic rings. The normalized spacial score (nSPS) is 17.9. The average Bonchev–Trinajstić information content (AvgIpc) is 2.84. The summed E-state index contributed by atoms with van der Waals surface area (Å²) in [5.41, 5.74) is 2.76. The number of hydrogen-bond donors (Lipinski definition) is 1. The van der Waals surface area contributed by atoms with E-state index in [2.05, 4.69) is 9.88 Å². The minimum absolute atomic E-state index is 0.416. The predicted molar refractivity (Wildman–Crippen MR) is 73.7 cm³/mol. The standard InChI is InChI=1S/C15H16N2O3/c1-10-13(16-9-20-10)8-17-7-6-12(15(18)19)11-4-2-3-5-14(11)17/h2-5,9,12H,6-8H2,1H3,(H,18,19). The lowest BCUT2D eigenvalue weighted by Gasteiger charge is -2.33. The molecule has 3 rings (SSSR count). The number of anilines is 1. The fourth-order valence-corrected chi connectivity index (χ4v) is 2.71. The van der Waals surface area contributed by atoms with Crippen LogP contribution in [0, 0.1) is 6.92 Å². The number of nitrogens with zero attached hydrogens (tertiary/aromatic N) is 2. The van der Waals surface area contributed by atoms with Gasteiger partial charge in [0.15, 0.2) is 6.39 Å². The van der Waals surface area contributed by atoms with Gasteiger partial charge in [-0.1, -0.05) is 18.2 Å². The minimum atomic E-state index is -0.755. The summed E-state index contributed by atoms with van der Waals surface area (Å²) in [5.74, 6) is -0.363. The fraction of sp³-hybridized carbons (Fsp3) is 0.333. The number of benzene rings is 1. The first-order valence-electron chi connectivity index (χ1n) is 6.62. The summed E-state index contributed by atoms with van der Waals surface area (Å²) in [6.07, 6.45) is 2.06. The second-order valence-electron chi connectivity index (χ2n) is 5.02. The first-order valence-corrected chi connectivity index (χ1v) is 6.62. The van der Waals surface area contributed by atoms with Crippen molar-refractivity contribution in [3.63, 3.8) is 0 Å². The van der Waals surface area contributed by atoms with Crippen LogP contribution in [0.3, 0.4) is 0 Å². The Labute approximate surface area is 116 Å². The van der Waals surface area contributed by atoms with Gasteiger partial charge in [-0.15, -0.1) is 0 Å². The van der Waals surface area contributed by atoms with E-state index >= 15 is 0 Å². The van der Waals surface area contributed by atoms with Crippen LogP contribution in [0.25, 0.3) is 0 Å². The van der Waals surface area contributed by atoms with E-state index in [1.54, 1.807) is 0 Å². The van der Waals surface area contributed by atoms with Gasteiger partial charge in [-0.25, -0.2) is 4.98 Å². The van der Waals surface area contributed by atoms with Crippen LogP contribution in [0.1, 0.15) is 29.4 Å². The maximum Gasteiger partial charge on any atom is 0.311 e. The number of oxazole rings is 1. The third-order valence-corrected chi connectivity index (χ3v) is 3.82. The van der Waals surface area contributed by atoms with Gasteiger partial charge < -0.3 is 14.4 Å². The van der Waals surface area contributed by atoms with Crippen molar-refractivity contribution in [3.8, 4) is 0 Å². The molecular weight excluding hydrogens is 256 g/mol. The SMILES string of the molecule is Cc1ocnc1CN1CCC(C(=O)O)c2ccccc21. The van der Waals surface area contributed by atoms with E-state index in [1.165, 1.54) is 6.39 Å². The Morgan fingerprint density at radius 2 is 2.30 bits per heavy atom. The molecule has 1 aromatic heterocycles. The van der Waals surface area contributed by atoms with E-state index in [9.17, 15) is 9.90 Å². The number of hydrogen-bond acceptors (Lipinski definition) is 4. The average molecular weight is 272 g/mol. The van der Waals surface area contributed by atoms with Crippen LogP contribution in [-0.2, 0) is 11.3 Å². The highest BCUT2D eigenvalue weighted by Crippen LogP contribution is 2.36. The summed E-state index contributed by atoms with van der Waals surface area (Å²) in [6.45, 7) is 3.24.